The second-order valence-electron chi connectivity index (χ2n) is 17.1. The fraction of sp³-hybridized carbons (Fsp3) is 0.702. The van der Waals surface area contributed by atoms with Crippen molar-refractivity contribution < 1.29 is 28.6 Å². The van der Waals surface area contributed by atoms with Crippen LogP contribution in [0.25, 0.3) is 0 Å². The molecule has 0 aromatic carbocycles. The van der Waals surface area contributed by atoms with E-state index in [1.165, 1.54) is 89.9 Å². The van der Waals surface area contributed by atoms with E-state index in [-0.39, 0.29) is 37.5 Å². The molecule has 0 unspecified atom stereocenters. The molecule has 0 saturated carbocycles. The molecule has 0 aromatic rings. The van der Waals surface area contributed by atoms with Crippen molar-refractivity contribution in [2.75, 3.05) is 13.2 Å². The van der Waals surface area contributed by atoms with Crippen molar-refractivity contribution in [2.24, 2.45) is 0 Å². The molecule has 0 aliphatic rings. The van der Waals surface area contributed by atoms with Gasteiger partial charge in [0.2, 0.25) is 0 Å². The summed E-state index contributed by atoms with van der Waals surface area (Å²) < 4.78 is 16.7. The predicted octanol–water partition coefficient (Wildman–Crippen LogP) is 17.2. The molecule has 0 saturated heterocycles. The molecule has 0 aliphatic heterocycles. The third-order valence-corrected chi connectivity index (χ3v) is 10.9. The number of allylic oxidation sites excluding steroid dienone is 14. The Morgan fingerprint density at radius 1 is 0.333 bits per heavy atom. The maximum absolute atomic E-state index is 12.8. The maximum Gasteiger partial charge on any atom is 0.306 e. The van der Waals surface area contributed by atoms with E-state index in [0.29, 0.717) is 19.3 Å². The first-order valence-corrected chi connectivity index (χ1v) is 26.1. The van der Waals surface area contributed by atoms with Gasteiger partial charge in [-0.2, -0.15) is 0 Å². The summed E-state index contributed by atoms with van der Waals surface area (Å²) >= 11 is 0. The lowest BCUT2D eigenvalue weighted by Gasteiger charge is -2.18. The lowest BCUT2D eigenvalue weighted by Crippen LogP contribution is -2.30. The minimum absolute atomic E-state index is 0.102. The summed E-state index contributed by atoms with van der Waals surface area (Å²) in [7, 11) is 0. The Hall–Kier alpha value is -3.41. The molecule has 0 radical (unpaired) electrons. The highest BCUT2D eigenvalue weighted by molar-refractivity contribution is 5.71. The van der Waals surface area contributed by atoms with Gasteiger partial charge in [0.25, 0.3) is 0 Å². The molecule has 6 heteroatoms. The molecular formula is C57H96O6. The summed E-state index contributed by atoms with van der Waals surface area (Å²) in [5.74, 6) is -0.975. The molecular weight excluding hydrogens is 781 g/mol. The largest absolute Gasteiger partial charge is 0.462 e. The topological polar surface area (TPSA) is 78.9 Å². The molecule has 0 spiro atoms. The molecule has 0 aromatic heterocycles. The molecule has 0 amide bonds. The number of carbonyl (C=O) groups excluding carboxylic acids is 3. The average molecular weight is 877 g/mol. The summed E-state index contributed by atoms with van der Waals surface area (Å²) in [6, 6.07) is 0. The molecule has 0 fully saturated rings. The van der Waals surface area contributed by atoms with Crippen LogP contribution in [-0.2, 0) is 28.6 Å². The van der Waals surface area contributed by atoms with Gasteiger partial charge in [-0.05, 0) is 89.9 Å². The number of rotatable bonds is 46. The molecule has 6 nitrogen and oxygen atoms in total. The van der Waals surface area contributed by atoms with E-state index in [4.69, 9.17) is 14.2 Å². The average Bonchev–Trinajstić information content (AvgIpc) is 3.28. The first-order chi connectivity index (χ1) is 31.0. The Kier molecular flexibility index (Phi) is 48.5. The third kappa shape index (κ3) is 49.5. The second-order valence-corrected chi connectivity index (χ2v) is 17.1. The van der Waals surface area contributed by atoms with Crippen molar-refractivity contribution in [3.05, 3.63) is 85.1 Å². The molecule has 1 atom stereocenters. The van der Waals surface area contributed by atoms with Crippen molar-refractivity contribution in [1.29, 1.82) is 0 Å². The molecule has 0 rings (SSSR count). The van der Waals surface area contributed by atoms with E-state index < -0.39 is 6.10 Å². The first-order valence-electron chi connectivity index (χ1n) is 26.1. The quantitative estimate of drug-likeness (QED) is 0.0262. The monoisotopic (exact) mass is 877 g/mol. The van der Waals surface area contributed by atoms with Gasteiger partial charge in [-0.3, -0.25) is 14.4 Å². The van der Waals surface area contributed by atoms with Gasteiger partial charge in [-0.15, -0.1) is 0 Å². The summed E-state index contributed by atoms with van der Waals surface area (Å²) in [5, 5.41) is 0. The number of ether oxygens (including phenoxy) is 3. The smallest absolute Gasteiger partial charge is 0.306 e. The lowest BCUT2D eigenvalue weighted by atomic mass is 10.0. The van der Waals surface area contributed by atoms with Crippen molar-refractivity contribution in [3.8, 4) is 0 Å². The summed E-state index contributed by atoms with van der Waals surface area (Å²) in [4.78, 5) is 38.0. The Labute approximate surface area is 388 Å². The van der Waals surface area contributed by atoms with Crippen LogP contribution in [0, 0.1) is 0 Å². The van der Waals surface area contributed by atoms with Crippen LogP contribution in [-0.4, -0.2) is 37.2 Å². The van der Waals surface area contributed by atoms with Crippen LogP contribution < -0.4 is 0 Å². The van der Waals surface area contributed by atoms with Crippen LogP contribution in [0.3, 0.4) is 0 Å². The van der Waals surface area contributed by atoms with Gasteiger partial charge in [0, 0.05) is 19.3 Å². The van der Waals surface area contributed by atoms with Crippen molar-refractivity contribution in [1.82, 2.24) is 0 Å². The van der Waals surface area contributed by atoms with Gasteiger partial charge in [0.15, 0.2) is 6.10 Å². The standard InChI is InChI=1S/C57H96O6/c1-4-7-10-13-16-19-22-25-27-28-30-33-36-39-42-45-48-51-57(60)63-54(52-61-55(58)49-46-43-40-37-34-31-24-21-18-15-12-9-6-3)53-62-56(59)50-47-44-41-38-35-32-29-26-23-20-17-14-11-8-5-2/h7,10,16-17,19-20,25-27,29-30,33,39,42,54H,4-6,8-9,11-15,18,21-24,28,31-32,34-38,40-41,43-53H2,1-3H3/b10-7-,19-16-,20-17-,27-25-,29-26-,33-30-,42-39-/t54-/m0/s1. The first kappa shape index (κ1) is 59.6. The van der Waals surface area contributed by atoms with Crippen LogP contribution >= 0.6 is 0 Å². The molecule has 0 heterocycles. The molecule has 63 heavy (non-hydrogen) atoms. The van der Waals surface area contributed by atoms with Crippen LogP contribution in [0.4, 0.5) is 0 Å². The van der Waals surface area contributed by atoms with Crippen LogP contribution in [0.5, 0.6) is 0 Å². The van der Waals surface area contributed by atoms with E-state index in [1.54, 1.807) is 0 Å². The van der Waals surface area contributed by atoms with Crippen LogP contribution in [0.15, 0.2) is 85.1 Å². The number of hydrogen-bond donors (Lipinski definition) is 0. The fourth-order valence-electron chi connectivity index (χ4n) is 6.98. The number of unbranched alkanes of at least 4 members (excludes halogenated alkanes) is 21. The highest BCUT2D eigenvalue weighted by Crippen LogP contribution is 2.14. The summed E-state index contributed by atoms with van der Waals surface area (Å²) in [6.45, 7) is 6.44. The van der Waals surface area contributed by atoms with Crippen molar-refractivity contribution >= 4 is 17.9 Å². The molecule has 0 N–H and O–H groups in total. The Morgan fingerprint density at radius 2 is 0.635 bits per heavy atom. The molecule has 360 valence electrons. The fourth-order valence-corrected chi connectivity index (χ4v) is 6.98. The van der Waals surface area contributed by atoms with Gasteiger partial charge in [-0.1, -0.05) is 215 Å². The number of carbonyl (C=O) groups is 3. The summed E-state index contributed by atoms with van der Waals surface area (Å²) in [6.07, 6.45) is 65.7. The minimum atomic E-state index is -0.810. The van der Waals surface area contributed by atoms with Crippen LogP contribution in [0.1, 0.15) is 239 Å². The van der Waals surface area contributed by atoms with E-state index in [1.807, 2.05) is 0 Å². The Morgan fingerprint density at radius 3 is 1.05 bits per heavy atom. The van der Waals surface area contributed by atoms with E-state index >= 15 is 0 Å². The number of hydrogen-bond acceptors (Lipinski definition) is 6. The minimum Gasteiger partial charge on any atom is -0.462 e. The maximum atomic E-state index is 12.8. The van der Waals surface area contributed by atoms with Gasteiger partial charge < -0.3 is 14.2 Å². The SMILES string of the molecule is CC/C=C\C/C=C\C/C=C\C/C=C\C/C=C\CCCC(=O)O[C@H](COC(=O)CCCCCCC/C=C\C/C=C\CCCCC)COC(=O)CCCCCCCCCCCCCCC. The highest BCUT2D eigenvalue weighted by atomic mass is 16.6. The van der Waals surface area contributed by atoms with Crippen LogP contribution in [0.2, 0.25) is 0 Å². The van der Waals surface area contributed by atoms with Gasteiger partial charge in [0.05, 0.1) is 0 Å². The normalized spacial score (nSPS) is 12.7. The Bertz CT molecular complexity index is 1240. The van der Waals surface area contributed by atoms with E-state index in [9.17, 15) is 14.4 Å². The molecule has 0 aliphatic carbocycles. The number of esters is 3. The van der Waals surface area contributed by atoms with E-state index in [2.05, 4.69) is 106 Å². The lowest BCUT2D eigenvalue weighted by molar-refractivity contribution is -0.167. The third-order valence-electron chi connectivity index (χ3n) is 10.9. The Balaban J connectivity index is 4.51. The highest BCUT2D eigenvalue weighted by Gasteiger charge is 2.19. The zero-order valence-electron chi connectivity index (χ0n) is 41.1. The van der Waals surface area contributed by atoms with Gasteiger partial charge >= 0.3 is 17.9 Å². The van der Waals surface area contributed by atoms with Gasteiger partial charge in [0.1, 0.15) is 13.2 Å². The summed E-state index contributed by atoms with van der Waals surface area (Å²) in [5.41, 5.74) is 0. The van der Waals surface area contributed by atoms with E-state index in [0.717, 1.165) is 103 Å². The van der Waals surface area contributed by atoms with Crippen molar-refractivity contribution in [3.63, 3.8) is 0 Å². The second kappa shape index (κ2) is 51.2. The zero-order chi connectivity index (χ0) is 45.8. The molecule has 0 bridgehead atoms. The predicted molar refractivity (Wildman–Crippen MR) is 270 cm³/mol. The van der Waals surface area contributed by atoms with Gasteiger partial charge in [-0.25, -0.2) is 0 Å². The van der Waals surface area contributed by atoms with Crippen molar-refractivity contribution in [2.45, 2.75) is 245 Å². The zero-order valence-corrected chi connectivity index (χ0v) is 41.1.